The van der Waals surface area contributed by atoms with E-state index < -0.39 is 0 Å². The summed E-state index contributed by atoms with van der Waals surface area (Å²) in [6, 6.07) is 11.1. The van der Waals surface area contributed by atoms with Crippen molar-refractivity contribution in [1.29, 1.82) is 0 Å². The highest BCUT2D eigenvalue weighted by Gasteiger charge is 2.14. The van der Waals surface area contributed by atoms with Gasteiger partial charge in [-0.1, -0.05) is 31.2 Å². The summed E-state index contributed by atoms with van der Waals surface area (Å²) in [5.41, 5.74) is 5.38. The Balaban J connectivity index is 2.24. The van der Waals surface area contributed by atoms with Gasteiger partial charge in [-0.3, -0.25) is 4.98 Å². The molecule has 1 atom stereocenters. The van der Waals surface area contributed by atoms with Crippen LogP contribution in [0, 0.1) is 13.8 Å². The lowest BCUT2D eigenvalue weighted by atomic mass is 9.94. The van der Waals surface area contributed by atoms with Crippen LogP contribution in [-0.4, -0.2) is 11.5 Å². The van der Waals surface area contributed by atoms with Gasteiger partial charge in [0.2, 0.25) is 0 Å². The Morgan fingerprint density at radius 3 is 2.60 bits per heavy atom. The monoisotopic (exact) mass is 268 g/mol. The van der Waals surface area contributed by atoms with E-state index in [9.17, 15) is 0 Å². The molecule has 0 saturated carbocycles. The normalized spacial score (nSPS) is 12.3. The van der Waals surface area contributed by atoms with Gasteiger partial charge in [-0.15, -0.1) is 0 Å². The second-order valence-electron chi connectivity index (χ2n) is 5.37. The van der Waals surface area contributed by atoms with Crippen molar-refractivity contribution in [2.24, 2.45) is 0 Å². The molecule has 106 valence electrons. The van der Waals surface area contributed by atoms with Gasteiger partial charge >= 0.3 is 0 Å². The third kappa shape index (κ3) is 3.67. The Hall–Kier alpha value is -1.67. The summed E-state index contributed by atoms with van der Waals surface area (Å²) in [5.74, 6) is 0. The van der Waals surface area contributed by atoms with Crippen molar-refractivity contribution in [2.45, 2.75) is 39.7 Å². The van der Waals surface area contributed by atoms with Crippen LogP contribution in [0.1, 0.15) is 41.6 Å². The molecule has 0 saturated heterocycles. The summed E-state index contributed by atoms with van der Waals surface area (Å²) < 4.78 is 0. The van der Waals surface area contributed by atoms with Crippen LogP contribution in [0.4, 0.5) is 0 Å². The van der Waals surface area contributed by atoms with E-state index in [4.69, 9.17) is 0 Å². The van der Waals surface area contributed by atoms with Gasteiger partial charge in [-0.25, -0.2) is 0 Å². The van der Waals surface area contributed by atoms with Crippen molar-refractivity contribution >= 4 is 0 Å². The third-order valence-corrected chi connectivity index (χ3v) is 3.78. The number of hydrogen-bond acceptors (Lipinski definition) is 2. The van der Waals surface area contributed by atoms with Crippen LogP contribution < -0.4 is 5.32 Å². The van der Waals surface area contributed by atoms with Crippen LogP contribution in [0.5, 0.6) is 0 Å². The standard InChI is InChI=1S/C18H24N2/c1-4-10-20-18(17-13-19-11-9-15(17)3)12-16-8-6-5-7-14(16)2/h5-9,11,13,18,20H,4,10,12H2,1-3H3. The minimum Gasteiger partial charge on any atom is -0.310 e. The topological polar surface area (TPSA) is 24.9 Å². The SMILES string of the molecule is CCCNC(Cc1ccccc1C)c1cnccc1C. The maximum atomic E-state index is 4.30. The van der Waals surface area contributed by atoms with Crippen LogP contribution >= 0.6 is 0 Å². The Kier molecular flexibility index (Phi) is 5.31. The molecule has 0 radical (unpaired) electrons. The van der Waals surface area contributed by atoms with E-state index in [2.05, 4.69) is 61.4 Å². The lowest BCUT2D eigenvalue weighted by Crippen LogP contribution is -2.25. The molecule has 1 N–H and O–H groups in total. The molecule has 2 rings (SSSR count). The van der Waals surface area contributed by atoms with Gasteiger partial charge in [-0.2, -0.15) is 0 Å². The molecule has 1 aromatic heterocycles. The van der Waals surface area contributed by atoms with Crippen LogP contribution in [0.15, 0.2) is 42.7 Å². The molecule has 1 heterocycles. The van der Waals surface area contributed by atoms with E-state index in [0.717, 1.165) is 19.4 Å². The second-order valence-corrected chi connectivity index (χ2v) is 5.37. The molecule has 2 heteroatoms. The first-order chi connectivity index (χ1) is 9.72. The molecule has 0 aliphatic rings. The summed E-state index contributed by atoms with van der Waals surface area (Å²) >= 11 is 0. The van der Waals surface area contributed by atoms with E-state index in [1.165, 1.54) is 22.3 Å². The molecule has 0 spiro atoms. The van der Waals surface area contributed by atoms with Crippen molar-refractivity contribution in [3.63, 3.8) is 0 Å². The van der Waals surface area contributed by atoms with Crippen LogP contribution in [0.25, 0.3) is 0 Å². The van der Waals surface area contributed by atoms with E-state index in [0.29, 0.717) is 6.04 Å². The molecule has 0 amide bonds. The van der Waals surface area contributed by atoms with Gasteiger partial charge < -0.3 is 5.32 Å². The maximum Gasteiger partial charge on any atom is 0.0378 e. The van der Waals surface area contributed by atoms with Gasteiger partial charge in [-0.05, 0) is 61.6 Å². The number of benzene rings is 1. The van der Waals surface area contributed by atoms with Crippen molar-refractivity contribution in [1.82, 2.24) is 10.3 Å². The number of nitrogens with zero attached hydrogens (tertiary/aromatic N) is 1. The zero-order valence-corrected chi connectivity index (χ0v) is 12.7. The zero-order valence-electron chi connectivity index (χ0n) is 12.7. The molecule has 20 heavy (non-hydrogen) atoms. The predicted octanol–water partition coefficient (Wildman–Crippen LogP) is 3.98. The Morgan fingerprint density at radius 1 is 1.10 bits per heavy atom. The molecule has 0 bridgehead atoms. The molecule has 1 aromatic carbocycles. The minimum absolute atomic E-state index is 0.338. The molecule has 0 fully saturated rings. The number of aryl methyl sites for hydroxylation is 2. The fourth-order valence-corrected chi connectivity index (χ4v) is 2.51. The lowest BCUT2D eigenvalue weighted by molar-refractivity contribution is 0.525. The van der Waals surface area contributed by atoms with Gasteiger partial charge in [0.05, 0.1) is 0 Å². The number of aromatic nitrogens is 1. The van der Waals surface area contributed by atoms with Crippen LogP contribution in [0.2, 0.25) is 0 Å². The average molecular weight is 268 g/mol. The van der Waals surface area contributed by atoms with Crippen molar-refractivity contribution in [3.05, 3.63) is 65.0 Å². The van der Waals surface area contributed by atoms with Crippen molar-refractivity contribution < 1.29 is 0 Å². The van der Waals surface area contributed by atoms with E-state index >= 15 is 0 Å². The highest BCUT2D eigenvalue weighted by Crippen LogP contribution is 2.22. The summed E-state index contributed by atoms with van der Waals surface area (Å²) in [7, 11) is 0. The summed E-state index contributed by atoms with van der Waals surface area (Å²) in [5, 5.41) is 3.66. The molecule has 2 nitrogen and oxygen atoms in total. The predicted molar refractivity (Wildman–Crippen MR) is 84.9 cm³/mol. The van der Waals surface area contributed by atoms with Gasteiger partial charge in [0.25, 0.3) is 0 Å². The van der Waals surface area contributed by atoms with E-state index in [1.807, 2.05) is 12.4 Å². The number of pyridine rings is 1. The average Bonchev–Trinajstić information content (AvgIpc) is 2.46. The first-order valence-corrected chi connectivity index (χ1v) is 7.40. The van der Waals surface area contributed by atoms with Crippen molar-refractivity contribution in [2.75, 3.05) is 6.54 Å². The highest BCUT2D eigenvalue weighted by atomic mass is 14.9. The summed E-state index contributed by atoms with van der Waals surface area (Å²) in [6.45, 7) is 7.58. The smallest absolute Gasteiger partial charge is 0.0378 e. The van der Waals surface area contributed by atoms with Crippen LogP contribution in [-0.2, 0) is 6.42 Å². The Labute approximate surface area is 122 Å². The molecular weight excluding hydrogens is 244 g/mol. The second kappa shape index (κ2) is 7.20. The first kappa shape index (κ1) is 14.7. The lowest BCUT2D eigenvalue weighted by Gasteiger charge is -2.21. The largest absolute Gasteiger partial charge is 0.310 e. The number of hydrogen-bond donors (Lipinski definition) is 1. The molecule has 2 aromatic rings. The minimum atomic E-state index is 0.338. The number of rotatable bonds is 6. The molecule has 0 aliphatic heterocycles. The number of nitrogens with one attached hydrogen (secondary N) is 1. The molecular formula is C18H24N2. The fraction of sp³-hybridized carbons (Fsp3) is 0.389. The van der Waals surface area contributed by atoms with Crippen LogP contribution in [0.3, 0.4) is 0 Å². The Bertz CT molecular complexity index is 549. The fourth-order valence-electron chi connectivity index (χ4n) is 2.51. The van der Waals surface area contributed by atoms with E-state index in [-0.39, 0.29) is 0 Å². The molecule has 0 aliphatic carbocycles. The van der Waals surface area contributed by atoms with Gasteiger partial charge in [0.15, 0.2) is 0 Å². The quantitative estimate of drug-likeness (QED) is 0.857. The highest BCUT2D eigenvalue weighted by molar-refractivity contribution is 5.31. The summed E-state index contributed by atoms with van der Waals surface area (Å²) in [4.78, 5) is 4.30. The zero-order chi connectivity index (χ0) is 14.4. The third-order valence-electron chi connectivity index (χ3n) is 3.78. The van der Waals surface area contributed by atoms with Crippen molar-refractivity contribution in [3.8, 4) is 0 Å². The molecule has 1 unspecified atom stereocenters. The maximum absolute atomic E-state index is 4.30. The first-order valence-electron chi connectivity index (χ1n) is 7.40. The summed E-state index contributed by atoms with van der Waals surface area (Å²) in [6.07, 6.45) is 6.02. The Morgan fingerprint density at radius 2 is 1.90 bits per heavy atom. The van der Waals surface area contributed by atoms with Gasteiger partial charge in [0.1, 0.15) is 0 Å². The van der Waals surface area contributed by atoms with E-state index in [1.54, 1.807) is 0 Å². The van der Waals surface area contributed by atoms with Gasteiger partial charge in [0, 0.05) is 18.4 Å².